The largest absolute Gasteiger partial charge is 0.493 e. The van der Waals surface area contributed by atoms with Crippen LogP contribution in [0.2, 0.25) is 0 Å². The van der Waals surface area contributed by atoms with Gasteiger partial charge in [-0.1, -0.05) is 30.3 Å². The van der Waals surface area contributed by atoms with Crippen molar-refractivity contribution in [3.63, 3.8) is 0 Å². The molecule has 4 rings (SSSR count). The molecule has 0 spiro atoms. The number of likely N-dealkylation sites (tertiary alicyclic amines) is 1. The quantitative estimate of drug-likeness (QED) is 0.616. The van der Waals surface area contributed by atoms with E-state index in [0.29, 0.717) is 26.1 Å². The molecule has 0 aliphatic carbocycles. The van der Waals surface area contributed by atoms with Gasteiger partial charge in [0.1, 0.15) is 5.75 Å². The third-order valence-corrected chi connectivity index (χ3v) is 6.51. The van der Waals surface area contributed by atoms with E-state index in [2.05, 4.69) is 22.3 Å². The van der Waals surface area contributed by atoms with Crippen molar-refractivity contribution in [3.05, 3.63) is 60.2 Å². The summed E-state index contributed by atoms with van der Waals surface area (Å²) in [5, 5.41) is 3.04. The molecule has 0 aromatic heterocycles. The third kappa shape index (κ3) is 7.30. The van der Waals surface area contributed by atoms with Gasteiger partial charge in [0, 0.05) is 38.4 Å². The molecule has 2 fully saturated rings. The Hall–Kier alpha value is -2.90. The fraction of sp³-hybridized carbons (Fsp3) is 0.481. The summed E-state index contributed by atoms with van der Waals surface area (Å²) in [5.41, 5.74) is 2.07. The number of amides is 2. The standard InChI is InChI=1S/C27H35N3O4/c31-26(13-18-34-25-6-2-1-3-7-25)30-14-4-5-23(21-30)27(32)28-24-10-8-22(9-11-24)12-15-29-16-19-33-20-17-29/h1-3,6-11,23H,4-5,12-21H2,(H,28,32). The van der Waals surface area contributed by atoms with Crippen LogP contribution < -0.4 is 10.1 Å². The van der Waals surface area contributed by atoms with Crippen molar-refractivity contribution in [2.75, 3.05) is 57.9 Å². The summed E-state index contributed by atoms with van der Waals surface area (Å²) in [6.45, 7) is 6.16. The summed E-state index contributed by atoms with van der Waals surface area (Å²) in [5.74, 6) is 0.601. The monoisotopic (exact) mass is 465 g/mol. The Morgan fingerprint density at radius 3 is 2.53 bits per heavy atom. The van der Waals surface area contributed by atoms with Crippen molar-refractivity contribution < 1.29 is 19.1 Å². The van der Waals surface area contributed by atoms with Crippen LogP contribution in [0.4, 0.5) is 5.69 Å². The molecule has 2 aromatic carbocycles. The molecule has 1 atom stereocenters. The van der Waals surface area contributed by atoms with E-state index < -0.39 is 0 Å². The fourth-order valence-corrected chi connectivity index (χ4v) is 4.46. The summed E-state index contributed by atoms with van der Waals surface area (Å²) in [6.07, 6.45) is 2.94. The number of rotatable bonds is 9. The smallest absolute Gasteiger partial charge is 0.229 e. The Morgan fingerprint density at radius 2 is 1.76 bits per heavy atom. The Kier molecular flexibility index (Phi) is 8.93. The van der Waals surface area contributed by atoms with E-state index in [0.717, 1.165) is 63.5 Å². The van der Waals surface area contributed by atoms with Crippen LogP contribution in [0.15, 0.2) is 54.6 Å². The summed E-state index contributed by atoms with van der Waals surface area (Å²) in [6, 6.07) is 17.6. The van der Waals surface area contributed by atoms with Gasteiger partial charge in [-0.15, -0.1) is 0 Å². The summed E-state index contributed by atoms with van der Waals surface area (Å²) >= 11 is 0. The first-order chi connectivity index (χ1) is 16.7. The normalized spacial score (nSPS) is 18.9. The second-order valence-corrected chi connectivity index (χ2v) is 8.98. The van der Waals surface area contributed by atoms with Gasteiger partial charge in [0.25, 0.3) is 0 Å². The lowest BCUT2D eigenvalue weighted by Gasteiger charge is -2.32. The number of carbonyl (C=O) groups excluding carboxylic acids is 2. The van der Waals surface area contributed by atoms with Crippen molar-refractivity contribution in [3.8, 4) is 5.75 Å². The molecule has 2 aromatic rings. The molecule has 7 nitrogen and oxygen atoms in total. The molecule has 2 heterocycles. The Labute approximate surface area is 202 Å². The third-order valence-electron chi connectivity index (χ3n) is 6.51. The highest BCUT2D eigenvalue weighted by Gasteiger charge is 2.28. The maximum atomic E-state index is 12.9. The highest BCUT2D eigenvalue weighted by Crippen LogP contribution is 2.20. The van der Waals surface area contributed by atoms with Crippen LogP contribution in [-0.2, 0) is 20.7 Å². The first-order valence-corrected chi connectivity index (χ1v) is 12.3. The second kappa shape index (κ2) is 12.5. The van der Waals surface area contributed by atoms with E-state index in [1.165, 1.54) is 5.56 Å². The predicted octanol–water partition coefficient (Wildman–Crippen LogP) is 3.21. The van der Waals surface area contributed by atoms with Gasteiger partial charge in [-0.25, -0.2) is 0 Å². The molecule has 0 saturated carbocycles. The predicted molar refractivity (Wildman–Crippen MR) is 132 cm³/mol. The van der Waals surface area contributed by atoms with Crippen LogP contribution >= 0.6 is 0 Å². The zero-order chi connectivity index (χ0) is 23.6. The molecular weight excluding hydrogens is 430 g/mol. The van der Waals surface area contributed by atoms with Gasteiger partial charge in [0.15, 0.2) is 0 Å². The number of nitrogens with zero attached hydrogens (tertiary/aromatic N) is 2. The van der Waals surface area contributed by atoms with Crippen LogP contribution in [-0.4, -0.2) is 74.2 Å². The average molecular weight is 466 g/mol. The number of carbonyl (C=O) groups is 2. The van der Waals surface area contributed by atoms with Crippen molar-refractivity contribution in [2.45, 2.75) is 25.7 Å². The lowest BCUT2D eigenvalue weighted by Crippen LogP contribution is -2.44. The highest BCUT2D eigenvalue weighted by atomic mass is 16.5. The maximum Gasteiger partial charge on any atom is 0.229 e. The molecule has 0 radical (unpaired) electrons. The van der Waals surface area contributed by atoms with Crippen LogP contribution in [0.3, 0.4) is 0 Å². The first-order valence-electron chi connectivity index (χ1n) is 12.3. The number of hydrogen-bond donors (Lipinski definition) is 1. The van der Waals surface area contributed by atoms with Crippen LogP contribution in [0.1, 0.15) is 24.8 Å². The van der Waals surface area contributed by atoms with E-state index in [9.17, 15) is 9.59 Å². The van der Waals surface area contributed by atoms with Gasteiger partial charge in [0.05, 0.1) is 32.2 Å². The molecule has 182 valence electrons. The van der Waals surface area contributed by atoms with E-state index in [1.807, 2.05) is 42.5 Å². The number of morpholine rings is 1. The molecule has 2 aliphatic rings. The van der Waals surface area contributed by atoms with Gasteiger partial charge < -0.3 is 19.7 Å². The molecule has 0 bridgehead atoms. The molecule has 2 amide bonds. The van der Waals surface area contributed by atoms with E-state index in [1.54, 1.807) is 4.90 Å². The molecule has 34 heavy (non-hydrogen) atoms. The number of para-hydroxylation sites is 1. The Balaban J connectivity index is 1.19. The van der Waals surface area contributed by atoms with Crippen molar-refractivity contribution >= 4 is 17.5 Å². The van der Waals surface area contributed by atoms with Crippen LogP contribution in [0.25, 0.3) is 0 Å². The van der Waals surface area contributed by atoms with Crippen molar-refractivity contribution in [2.24, 2.45) is 5.92 Å². The maximum absolute atomic E-state index is 12.9. The van der Waals surface area contributed by atoms with E-state index in [-0.39, 0.29) is 17.7 Å². The molecule has 1 N–H and O–H groups in total. The number of benzene rings is 2. The van der Waals surface area contributed by atoms with E-state index in [4.69, 9.17) is 9.47 Å². The van der Waals surface area contributed by atoms with Gasteiger partial charge in [-0.3, -0.25) is 14.5 Å². The zero-order valence-electron chi connectivity index (χ0n) is 19.8. The van der Waals surface area contributed by atoms with Crippen molar-refractivity contribution in [1.82, 2.24) is 9.80 Å². The minimum absolute atomic E-state index is 0.0147. The fourth-order valence-electron chi connectivity index (χ4n) is 4.46. The minimum Gasteiger partial charge on any atom is -0.493 e. The molecule has 1 unspecified atom stereocenters. The number of hydrogen-bond acceptors (Lipinski definition) is 5. The van der Waals surface area contributed by atoms with Gasteiger partial charge in [0.2, 0.25) is 11.8 Å². The SMILES string of the molecule is O=C(Nc1ccc(CCN2CCOCC2)cc1)C1CCCN(C(=O)CCOc2ccccc2)C1. The number of anilines is 1. The second-order valence-electron chi connectivity index (χ2n) is 8.98. The van der Waals surface area contributed by atoms with Crippen LogP contribution in [0.5, 0.6) is 5.75 Å². The van der Waals surface area contributed by atoms with Crippen LogP contribution in [0, 0.1) is 5.92 Å². The van der Waals surface area contributed by atoms with Gasteiger partial charge in [-0.05, 0) is 49.1 Å². The molecule has 2 aliphatic heterocycles. The molecule has 2 saturated heterocycles. The first kappa shape index (κ1) is 24.2. The molecular formula is C27H35N3O4. The minimum atomic E-state index is -0.186. The summed E-state index contributed by atoms with van der Waals surface area (Å²) in [7, 11) is 0. The lowest BCUT2D eigenvalue weighted by atomic mass is 9.96. The average Bonchev–Trinajstić information content (AvgIpc) is 2.89. The van der Waals surface area contributed by atoms with Gasteiger partial charge >= 0.3 is 0 Å². The Bertz CT molecular complexity index is 913. The van der Waals surface area contributed by atoms with E-state index >= 15 is 0 Å². The van der Waals surface area contributed by atoms with Crippen molar-refractivity contribution in [1.29, 1.82) is 0 Å². The highest BCUT2D eigenvalue weighted by molar-refractivity contribution is 5.93. The number of ether oxygens (including phenoxy) is 2. The number of piperidine rings is 1. The molecule has 7 heteroatoms. The topological polar surface area (TPSA) is 71.1 Å². The number of nitrogens with one attached hydrogen (secondary N) is 1. The zero-order valence-corrected chi connectivity index (χ0v) is 19.8. The Morgan fingerprint density at radius 1 is 1.00 bits per heavy atom. The van der Waals surface area contributed by atoms with Gasteiger partial charge in [-0.2, -0.15) is 0 Å². The summed E-state index contributed by atoms with van der Waals surface area (Å²) in [4.78, 5) is 29.7. The summed E-state index contributed by atoms with van der Waals surface area (Å²) < 4.78 is 11.0. The lowest BCUT2D eigenvalue weighted by molar-refractivity contribution is -0.135.